The zero-order valence-corrected chi connectivity index (χ0v) is 17.1. The molecule has 1 saturated heterocycles. The molecule has 1 fully saturated rings. The average Bonchev–Trinajstić information content (AvgIpc) is 2.80. The molecule has 154 valence electrons. The number of hydrogen-bond donors (Lipinski definition) is 1. The Bertz CT molecular complexity index is 944. The molecule has 1 heterocycles. The van der Waals surface area contributed by atoms with Crippen molar-refractivity contribution in [3.8, 4) is 0 Å². The second-order valence-electron chi connectivity index (χ2n) is 7.53. The third kappa shape index (κ3) is 3.69. The summed E-state index contributed by atoms with van der Waals surface area (Å²) in [5.41, 5.74) is 3.46. The van der Waals surface area contributed by atoms with Crippen LogP contribution in [0.25, 0.3) is 5.57 Å². The summed E-state index contributed by atoms with van der Waals surface area (Å²) < 4.78 is 27.8. The van der Waals surface area contributed by atoms with Crippen LogP contribution in [-0.4, -0.2) is 31.1 Å². The summed E-state index contributed by atoms with van der Waals surface area (Å²) >= 11 is 0. The van der Waals surface area contributed by atoms with Gasteiger partial charge in [0.25, 0.3) is 0 Å². The van der Waals surface area contributed by atoms with Crippen LogP contribution < -0.4 is 5.32 Å². The Morgan fingerprint density at radius 1 is 0.800 bits per heavy atom. The molecule has 3 aromatic rings. The molecule has 30 heavy (non-hydrogen) atoms. The Morgan fingerprint density at radius 2 is 1.30 bits per heavy atom. The van der Waals surface area contributed by atoms with E-state index in [0.717, 1.165) is 48.4 Å². The molecular formula is C26H26F2N2. The van der Waals surface area contributed by atoms with E-state index in [-0.39, 0.29) is 11.6 Å². The van der Waals surface area contributed by atoms with Gasteiger partial charge >= 0.3 is 0 Å². The molecule has 0 bridgehead atoms. The summed E-state index contributed by atoms with van der Waals surface area (Å²) in [5.74, 6) is -0.539. The van der Waals surface area contributed by atoms with Crippen molar-refractivity contribution in [3.05, 3.63) is 113 Å². The fourth-order valence-corrected chi connectivity index (χ4v) is 4.60. The van der Waals surface area contributed by atoms with Crippen molar-refractivity contribution in [3.63, 3.8) is 0 Å². The quantitative estimate of drug-likeness (QED) is 0.627. The zero-order valence-electron chi connectivity index (χ0n) is 17.1. The van der Waals surface area contributed by atoms with E-state index in [1.807, 2.05) is 49.4 Å². The van der Waals surface area contributed by atoms with Crippen molar-refractivity contribution in [2.24, 2.45) is 0 Å². The van der Waals surface area contributed by atoms with E-state index >= 15 is 0 Å². The summed E-state index contributed by atoms with van der Waals surface area (Å²) in [5, 5.41) is 3.42. The van der Waals surface area contributed by atoms with Gasteiger partial charge in [-0.15, -0.1) is 0 Å². The molecule has 0 atom stereocenters. The minimum Gasteiger partial charge on any atom is -0.314 e. The third-order valence-electron chi connectivity index (χ3n) is 5.88. The lowest BCUT2D eigenvalue weighted by Gasteiger charge is -2.48. The topological polar surface area (TPSA) is 15.3 Å². The van der Waals surface area contributed by atoms with E-state index in [1.165, 1.54) is 24.3 Å². The van der Waals surface area contributed by atoms with Crippen LogP contribution in [-0.2, 0) is 5.54 Å². The molecule has 4 rings (SSSR count). The maximum Gasteiger partial charge on any atom is 0.123 e. The normalized spacial score (nSPS) is 15.9. The highest BCUT2D eigenvalue weighted by molar-refractivity contribution is 5.79. The van der Waals surface area contributed by atoms with E-state index in [4.69, 9.17) is 0 Å². The summed E-state index contributed by atoms with van der Waals surface area (Å²) in [6.07, 6.45) is 2.13. The van der Waals surface area contributed by atoms with Gasteiger partial charge in [-0.05, 0) is 53.5 Å². The first-order valence-corrected chi connectivity index (χ1v) is 10.4. The lowest BCUT2D eigenvalue weighted by molar-refractivity contribution is 0.150. The maximum absolute atomic E-state index is 13.9. The van der Waals surface area contributed by atoms with Gasteiger partial charge in [0.1, 0.15) is 11.6 Å². The van der Waals surface area contributed by atoms with E-state index in [0.29, 0.717) is 0 Å². The monoisotopic (exact) mass is 404 g/mol. The van der Waals surface area contributed by atoms with Gasteiger partial charge in [0.15, 0.2) is 0 Å². The highest BCUT2D eigenvalue weighted by atomic mass is 19.1. The predicted molar refractivity (Wildman–Crippen MR) is 118 cm³/mol. The van der Waals surface area contributed by atoms with Crippen molar-refractivity contribution < 1.29 is 8.78 Å². The number of allylic oxidation sites excluding steroid dienone is 1. The van der Waals surface area contributed by atoms with E-state index in [2.05, 4.69) is 28.4 Å². The van der Waals surface area contributed by atoms with Gasteiger partial charge in [0, 0.05) is 26.2 Å². The Kier molecular flexibility index (Phi) is 6.07. The summed E-state index contributed by atoms with van der Waals surface area (Å²) in [7, 11) is 0. The van der Waals surface area contributed by atoms with Gasteiger partial charge in [-0.1, -0.05) is 60.7 Å². The van der Waals surface area contributed by atoms with Crippen molar-refractivity contribution in [1.82, 2.24) is 10.2 Å². The summed E-state index contributed by atoms with van der Waals surface area (Å²) in [6, 6.07) is 23.7. The highest BCUT2D eigenvalue weighted by Gasteiger charge is 2.44. The van der Waals surface area contributed by atoms with Crippen molar-refractivity contribution in [2.45, 2.75) is 12.5 Å². The van der Waals surface area contributed by atoms with Crippen molar-refractivity contribution in [2.75, 3.05) is 26.2 Å². The molecule has 1 aliphatic rings. The van der Waals surface area contributed by atoms with Gasteiger partial charge in [0.2, 0.25) is 0 Å². The van der Waals surface area contributed by atoms with Gasteiger partial charge in [-0.25, -0.2) is 8.78 Å². The number of nitrogens with zero attached hydrogens (tertiary/aromatic N) is 1. The number of rotatable bonds is 5. The fourth-order valence-electron chi connectivity index (χ4n) is 4.60. The van der Waals surface area contributed by atoms with Crippen LogP contribution in [0.3, 0.4) is 0 Å². The first kappa shape index (κ1) is 20.5. The SMILES string of the molecule is CC=C(c1ccccc1)C(c1ccc(F)cc1)(c1ccc(F)cc1)N1CCNCC1. The highest BCUT2D eigenvalue weighted by Crippen LogP contribution is 2.47. The standard InChI is InChI=1S/C26H26F2N2/c1-2-25(20-6-4-3-5-7-20)26(30-18-16-29-17-19-30,21-8-12-23(27)13-9-21)22-10-14-24(28)15-11-22/h2-15,29H,16-19H2,1H3. The summed E-state index contributed by atoms with van der Waals surface area (Å²) in [4.78, 5) is 2.42. The number of benzene rings is 3. The van der Waals surface area contributed by atoms with Crippen LogP contribution >= 0.6 is 0 Å². The van der Waals surface area contributed by atoms with Crippen molar-refractivity contribution in [1.29, 1.82) is 0 Å². The van der Waals surface area contributed by atoms with Gasteiger partial charge in [-0.3, -0.25) is 4.90 Å². The van der Waals surface area contributed by atoms with E-state index in [9.17, 15) is 8.78 Å². The molecule has 0 spiro atoms. The molecule has 2 nitrogen and oxygen atoms in total. The van der Waals surface area contributed by atoms with Crippen LogP contribution in [0, 0.1) is 11.6 Å². The van der Waals surface area contributed by atoms with Gasteiger partial charge in [-0.2, -0.15) is 0 Å². The van der Waals surface area contributed by atoms with Crippen molar-refractivity contribution >= 4 is 5.57 Å². The van der Waals surface area contributed by atoms with Crippen LogP contribution in [0.4, 0.5) is 8.78 Å². The number of hydrogen-bond acceptors (Lipinski definition) is 2. The Hall–Kier alpha value is -2.82. The molecule has 0 radical (unpaired) electrons. The molecule has 3 aromatic carbocycles. The van der Waals surface area contributed by atoms with E-state index in [1.54, 1.807) is 0 Å². The first-order chi connectivity index (χ1) is 14.7. The first-order valence-electron chi connectivity index (χ1n) is 10.4. The van der Waals surface area contributed by atoms with E-state index < -0.39 is 5.54 Å². The second kappa shape index (κ2) is 8.90. The fraction of sp³-hybridized carbons (Fsp3) is 0.231. The zero-order chi connectivity index (χ0) is 21.0. The third-order valence-corrected chi connectivity index (χ3v) is 5.88. The Labute approximate surface area is 176 Å². The molecule has 0 amide bonds. The largest absolute Gasteiger partial charge is 0.314 e. The molecule has 0 saturated carbocycles. The molecule has 1 N–H and O–H groups in total. The second-order valence-corrected chi connectivity index (χ2v) is 7.53. The summed E-state index contributed by atoms with van der Waals surface area (Å²) in [6.45, 7) is 5.38. The van der Waals surface area contributed by atoms with Gasteiger partial charge in [0.05, 0.1) is 5.54 Å². The van der Waals surface area contributed by atoms with Gasteiger partial charge < -0.3 is 5.32 Å². The Balaban J connectivity index is 2.04. The molecule has 0 aromatic heterocycles. The predicted octanol–water partition coefficient (Wildman–Crippen LogP) is 5.22. The van der Waals surface area contributed by atoms with Crippen LogP contribution in [0.15, 0.2) is 84.9 Å². The molecule has 4 heteroatoms. The lowest BCUT2D eigenvalue weighted by atomic mass is 9.72. The number of halogens is 2. The lowest BCUT2D eigenvalue weighted by Crippen LogP contribution is -2.55. The van der Waals surface area contributed by atoms with Crippen LogP contribution in [0.2, 0.25) is 0 Å². The minimum atomic E-state index is -0.667. The van der Waals surface area contributed by atoms with Crippen LogP contribution in [0.1, 0.15) is 23.6 Å². The number of nitrogens with one attached hydrogen (secondary N) is 1. The maximum atomic E-state index is 13.9. The molecule has 0 unspecified atom stereocenters. The smallest absolute Gasteiger partial charge is 0.123 e. The molecule has 0 aliphatic carbocycles. The van der Waals surface area contributed by atoms with Crippen LogP contribution in [0.5, 0.6) is 0 Å². The average molecular weight is 405 g/mol. The number of piperazine rings is 1. The Morgan fingerprint density at radius 3 is 1.77 bits per heavy atom. The molecule has 1 aliphatic heterocycles. The molecular weight excluding hydrogens is 378 g/mol. The minimum absolute atomic E-state index is 0.270.